The van der Waals surface area contributed by atoms with E-state index in [2.05, 4.69) is 31.1 Å². The number of halogens is 2. The van der Waals surface area contributed by atoms with Gasteiger partial charge in [-0.05, 0) is 55.5 Å². The topological polar surface area (TPSA) is 45.2 Å². The molecule has 1 amide bonds. The number of hydrogen-bond acceptors (Lipinski definition) is 3. The average Bonchev–Trinajstić information content (AvgIpc) is 2.31. The molecule has 1 N–H and O–H groups in total. The lowest BCUT2D eigenvalue weighted by molar-refractivity contribution is 0.0952. The number of carbonyl (C=O) groups excluding carboxylic acids is 1. The maximum absolute atomic E-state index is 11.8. The van der Waals surface area contributed by atoms with E-state index in [0.29, 0.717) is 12.1 Å². The summed E-state index contributed by atoms with van der Waals surface area (Å²) >= 11 is 9.14. The summed E-state index contributed by atoms with van der Waals surface area (Å²) in [4.78, 5) is 17.9. The molecular weight excluding hydrogens is 318 g/mol. The van der Waals surface area contributed by atoms with Gasteiger partial charge < -0.3 is 10.2 Å². The molecule has 0 unspecified atom stereocenters. The first-order valence-corrected chi connectivity index (χ1v) is 6.92. The standard InChI is InChI=1S/C12H17BrClN3O/c1-17(2)6-4-3-5-15-12(18)10-7-9(13)8-16-11(10)14/h7-8H,3-6H2,1-2H3,(H,15,18). The van der Waals surface area contributed by atoms with Crippen LogP contribution in [0.25, 0.3) is 0 Å². The smallest absolute Gasteiger partial charge is 0.254 e. The van der Waals surface area contributed by atoms with Crippen molar-refractivity contribution in [3.05, 3.63) is 27.5 Å². The molecule has 0 fully saturated rings. The van der Waals surface area contributed by atoms with Gasteiger partial charge in [-0.25, -0.2) is 4.98 Å². The molecule has 0 radical (unpaired) electrons. The first-order valence-electron chi connectivity index (χ1n) is 5.74. The Hall–Kier alpha value is -0.650. The summed E-state index contributed by atoms with van der Waals surface area (Å²) < 4.78 is 0.740. The van der Waals surface area contributed by atoms with Gasteiger partial charge in [0.25, 0.3) is 5.91 Å². The lowest BCUT2D eigenvalue weighted by Crippen LogP contribution is -2.25. The lowest BCUT2D eigenvalue weighted by atomic mass is 10.2. The zero-order chi connectivity index (χ0) is 13.5. The molecule has 0 bridgehead atoms. The quantitative estimate of drug-likeness (QED) is 0.642. The Morgan fingerprint density at radius 3 is 2.89 bits per heavy atom. The van der Waals surface area contributed by atoms with Crippen molar-refractivity contribution >= 4 is 33.4 Å². The van der Waals surface area contributed by atoms with Crippen LogP contribution in [-0.4, -0.2) is 43.0 Å². The van der Waals surface area contributed by atoms with Gasteiger partial charge in [0.05, 0.1) is 5.56 Å². The van der Waals surface area contributed by atoms with Crippen LogP contribution in [0.1, 0.15) is 23.2 Å². The average molecular weight is 335 g/mol. The van der Waals surface area contributed by atoms with E-state index in [9.17, 15) is 4.79 Å². The molecule has 0 spiro atoms. The Bertz CT molecular complexity index is 412. The Kier molecular flexibility index (Phi) is 6.60. The number of nitrogens with one attached hydrogen (secondary N) is 1. The minimum Gasteiger partial charge on any atom is -0.352 e. The maximum Gasteiger partial charge on any atom is 0.254 e. The van der Waals surface area contributed by atoms with Crippen molar-refractivity contribution in [2.45, 2.75) is 12.8 Å². The fraction of sp³-hybridized carbons (Fsp3) is 0.500. The Morgan fingerprint density at radius 1 is 1.50 bits per heavy atom. The number of unbranched alkanes of at least 4 members (excludes halogenated alkanes) is 1. The van der Waals surface area contributed by atoms with E-state index in [-0.39, 0.29) is 11.1 Å². The summed E-state index contributed by atoms with van der Waals surface area (Å²) in [6.07, 6.45) is 3.57. The number of amides is 1. The zero-order valence-electron chi connectivity index (χ0n) is 10.5. The van der Waals surface area contributed by atoms with E-state index < -0.39 is 0 Å². The van der Waals surface area contributed by atoms with Gasteiger partial charge in [0.2, 0.25) is 0 Å². The van der Waals surface area contributed by atoms with Crippen LogP contribution in [0.3, 0.4) is 0 Å². The molecule has 100 valence electrons. The largest absolute Gasteiger partial charge is 0.352 e. The minimum absolute atomic E-state index is 0.182. The van der Waals surface area contributed by atoms with Crippen LogP contribution in [-0.2, 0) is 0 Å². The molecule has 0 atom stereocenters. The summed E-state index contributed by atoms with van der Waals surface area (Å²) in [5, 5.41) is 3.06. The van der Waals surface area contributed by atoms with Gasteiger partial charge in [0.15, 0.2) is 0 Å². The van der Waals surface area contributed by atoms with Gasteiger partial charge in [0.1, 0.15) is 5.15 Å². The van der Waals surface area contributed by atoms with Crippen molar-refractivity contribution in [1.82, 2.24) is 15.2 Å². The monoisotopic (exact) mass is 333 g/mol. The normalized spacial score (nSPS) is 10.7. The highest BCUT2D eigenvalue weighted by molar-refractivity contribution is 9.10. The number of pyridine rings is 1. The van der Waals surface area contributed by atoms with Crippen molar-refractivity contribution in [3.8, 4) is 0 Å². The van der Waals surface area contributed by atoms with Gasteiger partial charge >= 0.3 is 0 Å². The summed E-state index contributed by atoms with van der Waals surface area (Å²) in [7, 11) is 4.07. The highest BCUT2D eigenvalue weighted by atomic mass is 79.9. The van der Waals surface area contributed by atoms with Gasteiger partial charge in [0, 0.05) is 17.2 Å². The molecule has 18 heavy (non-hydrogen) atoms. The molecule has 1 aromatic heterocycles. The van der Waals surface area contributed by atoms with E-state index in [1.807, 2.05) is 14.1 Å². The predicted octanol–water partition coefficient (Wildman–Crippen LogP) is 2.57. The van der Waals surface area contributed by atoms with E-state index in [4.69, 9.17) is 11.6 Å². The molecule has 0 aliphatic carbocycles. The van der Waals surface area contributed by atoms with Gasteiger partial charge in [-0.2, -0.15) is 0 Å². The predicted molar refractivity (Wildman–Crippen MR) is 77.1 cm³/mol. The van der Waals surface area contributed by atoms with E-state index >= 15 is 0 Å². The molecule has 1 aromatic rings. The molecule has 0 aliphatic heterocycles. The van der Waals surface area contributed by atoms with Crippen LogP contribution in [0, 0.1) is 0 Å². The number of aromatic nitrogens is 1. The highest BCUT2D eigenvalue weighted by Crippen LogP contribution is 2.17. The number of hydrogen-bond donors (Lipinski definition) is 1. The summed E-state index contributed by atoms with van der Waals surface area (Å²) in [6, 6.07) is 1.67. The molecule has 6 heteroatoms. The SMILES string of the molecule is CN(C)CCCCNC(=O)c1cc(Br)cnc1Cl. The number of rotatable bonds is 6. The first-order chi connectivity index (χ1) is 8.50. The van der Waals surface area contributed by atoms with Crippen LogP contribution < -0.4 is 5.32 Å². The number of carbonyl (C=O) groups is 1. The molecular formula is C12H17BrClN3O. The fourth-order valence-corrected chi connectivity index (χ4v) is 1.95. The molecule has 0 aromatic carbocycles. The van der Waals surface area contributed by atoms with Gasteiger partial charge in [-0.3, -0.25) is 4.79 Å². The molecule has 1 rings (SSSR count). The zero-order valence-corrected chi connectivity index (χ0v) is 12.9. The van der Waals surface area contributed by atoms with E-state index in [1.54, 1.807) is 12.3 Å². The molecule has 1 heterocycles. The van der Waals surface area contributed by atoms with Gasteiger partial charge in [-0.15, -0.1) is 0 Å². The summed E-state index contributed by atoms with van der Waals surface area (Å²) in [5.41, 5.74) is 0.402. The molecule has 0 saturated heterocycles. The van der Waals surface area contributed by atoms with Gasteiger partial charge in [-0.1, -0.05) is 11.6 Å². The van der Waals surface area contributed by atoms with Crippen LogP contribution in [0.4, 0.5) is 0 Å². The second kappa shape index (κ2) is 7.71. The van der Waals surface area contributed by atoms with Crippen LogP contribution in [0.2, 0.25) is 5.15 Å². The van der Waals surface area contributed by atoms with Crippen molar-refractivity contribution in [3.63, 3.8) is 0 Å². The van der Waals surface area contributed by atoms with E-state index in [1.165, 1.54) is 0 Å². The Balaban J connectivity index is 2.39. The molecule has 0 aliphatic rings. The molecule has 4 nitrogen and oxygen atoms in total. The van der Waals surface area contributed by atoms with Crippen molar-refractivity contribution in [2.24, 2.45) is 0 Å². The van der Waals surface area contributed by atoms with E-state index in [0.717, 1.165) is 23.9 Å². The van der Waals surface area contributed by atoms with Crippen molar-refractivity contribution < 1.29 is 4.79 Å². The van der Waals surface area contributed by atoms with Crippen molar-refractivity contribution in [1.29, 1.82) is 0 Å². The fourth-order valence-electron chi connectivity index (χ4n) is 1.43. The number of nitrogens with zero attached hydrogens (tertiary/aromatic N) is 2. The highest BCUT2D eigenvalue weighted by Gasteiger charge is 2.11. The third kappa shape index (κ3) is 5.33. The third-order valence-corrected chi connectivity index (χ3v) is 3.10. The second-order valence-corrected chi connectivity index (χ2v) is 5.53. The Morgan fingerprint density at radius 2 is 2.22 bits per heavy atom. The first kappa shape index (κ1) is 15.4. The summed E-state index contributed by atoms with van der Waals surface area (Å²) in [6.45, 7) is 1.67. The third-order valence-electron chi connectivity index (χ3n) is 2.37. The molecule has 0 saturated carbocycles. The van der Waals surface area contributed by atoms with Crippen LogP contribution in [0.5, 0.6) is 0 Å². The maximum atomic E-state index is 11.8. The van der Waals surface area contributed by atoms with Crippen LogP contribution >= 0.6 is 27.5 Å². The lowest BCUT2D eigenvalue weighted by Gasteiger charge is -2.09. The second-order valence-electron chi connectivity index (χ2n) is 4.26. The minimum atomic E-state index is -0.182. The van der Waals surface area contributed by atoms with Crippen molar-refractivity contribution in [2.75, 3.05) is 27.2 Å². The Labute approximate surface area is 121 Å². The summed E-state index contributed by atoms with van der Waals surface area (Å²) in [5.74, 6) is -0.182. The van der Waals surface area contributed by atoms with Crippen LogP contribution in [0.15, 0.2) is 16.7 Å².